The molecule has 18 heavy (non-hydrogen) atoms. The first-order chi connectivity index (χ1) is 8.65. The Kier molecular flexibility index (Phi) is 2.69. The van der Waals surface area contributed by atoms with Crippen molar-refractivity contribution >= 4 is 33.0 Å². The number of nitrogens with zero attached hydrogens (tertiary/aromatic N) is 2. The molecule has 3 rings (SSSR count). The smallest absolute Gasteiger partial charge is 0.273 e. The van der Waals surface area contributed by atoms with Gasteiger partial charge in [0.2, 0.25) is 0 Å². The molecule has 3 aromatic heterocycles. The average Bonchev–Trinajstić information content (AvgIpc) is 2.73. The molecular weight excluding hydrogens is 268 g/mol. The Morgan fingerprint density at radius 1 is 1.33 bits per heavy atom. The fraction of sp³-hybridized carbons (Fsp3) is 0.0769. The molecule has 0 saturated carbocycles. The predicted octanol–water partition coefficient (Wildman–Crippen LogP) is 3.41. The van der Waals surface area contributed by atoms with E-state index in [-0.39, 0.29) is 5.56 Å². The summed E-state index contributed by atoms with van der Waals surface area (Å²) in [6.07, 6.45) is 3.44. The molecule has 90 valence electrons. The molecule has 0 N–H and O–H groups in total. The minimum atomic E-state index is -0.0601. The van der Waals surface area contributed by atoms with Gasteiger partial charge < -0.3 is 0 Å². The Bertz CT molecular complexity index is 774. The molecule has 3 heterocycles. The summed E-state index contributed by atoms with van der Waals surface area (Å²) in [5.74, 6) is 0. The van der Waals surface area contributed by atoms with Gasteiger partial charge in [-0.1, -0.05) is 11.6 Å². The fourth-order valence-corrected chi connectivity index (χ4v) is 2.96. The van der Waals surface area contributed by atoms with E-state index >= 15 is 0 Å². The highest BCUT2D eigenvalue weighted by Gasteiger charge is 2.08. The van der Waals surface area contributed by atoms with Crippen LogP contribution in [0.4, 0.5) is 0 Å². The third kappa shape index (κ3) is 1.83. The highest BCUT2D eigenvalue weighted by molar-refractivity contribution is 7.22. The Hall–Kier alpha value is -1.65. The van der Waals surface area contributed by atoms with Crippen LogP contribution < -0.4 is 5.56 Å². The molecule has 3 aromatic rings. The van der Waals surface area contributed by atoms with Crippen molar-refractivity contribution in [3.05, 3.63) is 57.0 Å². The van der Waals surface area contributed by atoms with Crippen LogP contribution in [-0.4, -0.2) is 9.55 Å². The molecule has 0 aliphatic rings. The Balaban J connectivity index is 2.26. The summed E-state index contributed by atoms with van der Waals surface area (Å²) in [6, 6.07) is 7.46. The standard InChI is InChI=1S/C13H9ClN2OS/c1-8-2-3-10(7-15-8)16-5-4-9-6-11(14)18-12(9)13(16)17/h2-7H,1H3. The van der Waals surface area contributed by atoms with E-state index in [1.165, 1.54) is 11.3 Å². The zero-order valence-electron chi connectivity index (χ0n) is 9.55. The second kappa shape index (κ2) is 4.23. The van der Waals surface area contributed by atoms with Crippen LogP contribution >= 0.6 is 22.9 Å². The maximum atomic E-state index is 12.3. The maximum Gasteiger partial charge on any atom is 0.273 e. The monoisotopic (exact) mass is 276 g/mol. The minimum Gasteiger partial charge on any atom is -0.282 e. The van der Waals surface area contributed by atoms with Gasteiger partial charge >= 0.3 is 0 Å². The van der Waals surface area contributed by atoms with E-state index in [9.17, 15) is 4.79 Å². The summed E-state index contributed by atoms with van der Waals surface area (Å²) in [5, 5.41) is 0.881. The van der Waals surface area contributed by atoms with Crippen LogP contribution in [0.25, 0.3) is 15.8 Å². The summed E-state index contributed by atoms with van der Waals surface area (Å²) < 4.78 is 2.88. The number of thiophene rings is 1. The van der Waals surface area contributed by atoms with Crippen LogP contribution in [0.5, 0.6) is 0 Å². The van der Waals surface area contributed by atoms with Crippen LogP contribution in [0.15, 0.2) is 41.5 Å². The number of aryl methyl sites for hydroxylation is 1. The van der Waals surface area contributed by atoms with Gasteiger partial charge in [0.1, 0.15) is 4.70 Å². The fourth-order valence-electron chi connectivity index (χ4n) is 1.80. The second-order valence-electron chi connectivity index (χ2n) is 3.98. The van der Waals surface area contributed by atoms with E-state index < -0.39 is 0 Å². The summed E-state index contributed by atoms with van der Waals surface area (Å²) in [7, 11) is 0. The van der Waals surface area contributed by atoms with E-state index in [4.69, 9.17) is 11.6 Å². The number of halogens is 1. The summed E-state index contributed by atoms with van der Waals surface area (Å²) in [5.41, 5.74) is 1.62. The molecule has 0 unspecified atom stereocenters. The van der Waals surface area contributed by atoms with Crippen molar-refractivity contribution in [1.29, 1.82) is 0 Å². The molecule has 5 heteroatoms. The summed E-state index contributed by atoms with van der Waals surface area (Å²) in [6.45, 7) is 1.91. The van der Waals surface area contributed by atoms with Crippen LogP contribution in [0, 0.1) is 6.92 Å². The van der Waals surface area contributed by atoms with Crippen molar-refractivity contribution in [3.63, 3.8) is 0 Å². The third-order valence-electron chi connectivity index (χ3n) is 2.72. The Morgan fingerprint density at radius 2 is 2.17 bits per heavy atom. The number of aromatic nitrogens is 2. The molecule has 0 saturated heterocycles. The van der Waals surface area contributed by atoms with Gasteiger partial charge in [0, 0.05) is 17.3 Å². The molecule has 0 spiro atoms. The number of hydrogen-bond donors (Lipinski definition) is 0. The molecule has 0 aliphatic carbocycles. The minimum absolute atomic E-state index is 0.0601. The van der Waals surface area contributed by atoms with Crippen molar-refractivity contribution in [2.45, 2.75) is 6.92 Å². The van der Waals surface area contributed by atoms with Gasteiger partial charge in [-0.2, -0.15) is 0 Å². The van der Waals surface area contributed by atoms with Gasteiger partial charge in [-0.05, 0) is 31.2 Å². The van der Waals surface area contributed by atoms with E-state index in [1.54, 1.807) is 23.0 Å². The first-order valence-corrected chi connectivity index (χ1v) is 6.58. The lowest BCUT2D eigenvalue weighted by atomic mass is 10.3. The van der Waals surface area contributed by atoms with E-state index in [0.717, 1.165) is 16.8 Å². The number of fused-ring (bicyclic) bond motifs is 1. The first-order valence-electron chi connectivity index (χ1n) is 5.39. The zero-order chi connectivity index (χ0) is 12.7. The number of hydrogen-bond acceptors (Lipinski definition) is 3. The molecule has 0 aromatic carbocycles. The van der Waals surface area contributed by atoms with Gasteiger partial charge in [-0.15, -0.1) is 11.3 Å². The summed E-state index contributed by atoms with van der Waals surface area (Å²) >= 11 is 7.23. The summed E-state index contributed by atoms with van der Waals surface area (Å²) in [4.78, 5) is 16.5. The van der Waals surface area contributed by atoms with Gasteiger partial charge in [0.05, 0.1) is 16.2 Å². The molecular formula is C13H9ClN2OS. The van der Waals surface area contributed by atoms with Gasteiger partial charge in [0.15, 0.2) is 0 Å². The maximum absolute atomic E-state index is 12.3. The largest absolute Gasteiger partial charge is 0.282 e. The van der Waals surface area contributed by atoms with Crippen LogP contribution in [0.1, 0.15) is 5.69 Å². The van der Waals surface area contributed by atoms with Gasteiger partial charge in [-0.3, -0.25) is 14.3 Å². The van der Waals surface area contributed by atoms with Gasteiger partial charge in [0.25, 0.3) is 5.56 Å². The van der Waals surface area contributed by atoms with Crippen molar-refractivity contribution in [1.82, 2.24) is 9.55 Å². The van der Waals surface area contributed by atoms with Crippen molar-refractivity contribution in [2.75, 3.05) is 0 Å². The Labute approximate surface area is 112 Å². The molecule has 0 aliphatic heterocycles. The predicted molar refractivity (Wildman–Crippen MR) is 75.0 cm³/mol. The molecule has 0 bridgehead atoms. The van der Waals surface area contributed by atoms with E-state index in [2.05, 4.69) is 4.98 Å². The number of rotatable bonds is 1. The van der Waals surface area contributed by atoms with E-state index in [1.807, 2.05) is 25.1 Å². The SMILES string of the molecule is Cc1ccc(-n2ccc3cc(Cl)sc3c2=O)cn1. The number of pyridine rings is 2. The highest BCUT2D eigenvalue weighted by atomic mass is 35.5. The topological polar surface area (TPSA) is 34.9 Å². The zero-order valence-corrected chi connectivity index (χ0v) is 11.1. The normalized spacial score (nSPS) is 11.0. The van der Waals surface area contributed by atoms with Crippen LogP contribution in [0.2, 0.25) is 4.34 Å². The van der Waals surface area contributed by atoms with Gasteiger partial charge in [-0.25, -0.2) is 0 Å². The molecule has 0 fully saturated rings. The van der Waals surface area contributed by atoms with Crippen LogP contribution in [0.3, 0.4) is 0 Å². The Morgan fingerprint density at radius 3 is 2.89 bits per heavy atom. The third-order valence-corrected chi connectivity index (χ3v) is 3.99. The second-order valence-corrected chi connectivity index (χ2v) is 5.67. The lowest BCUT2D eigenvalue weighted by Crippen LogP contribution is -2.16. The quantitative estimate of drug-likeness (QED) is 0.683. The molecule has 0 atom stereocenters. The van der Waals surface area contributed by atoms with E-state index in [0.29, 0.717) is 9.04 Å². The average molecular weight is 277 g/mol. The lowest BCUT2D eigenvalue weighted by molar-refractivity contribution is 0.990. The molecule has 0 radical (unpaired) electrons. The first kappa shape index (κ1) is 11.4. The van der Waals surface area contributed by atoms with Crippen molar-refractivity contribution in [3.8, 4) is 5.69 Å². The lowest BCUT2D eigenvalue weighted by Gasteiger charge is -2.05. The van der Waals surface area contributed by atoms with Crippen molar-refractivity contribution in [2.24, 2.45) is 0 Å². The van der Waals surface area contributed by atoms with Crippen LogP contribution in [-0.2, 0) is 0 Å². The molecule has 0 amide bonds. The highest BCUT2D eigenvalue weighted by Crippen LogP contribution is 2.26. The molecule has 3 nitrogen and oxygen atoms in total. The van der Waals surface area contributed by atoms with Crippen molar-refractivity contribution < 1.29 is 0 Å².